The summed E-state index contributed by atoms with van der Waals surface area (Å²) in [6.45, 7) is 4.23. The maximum atomic E-state index is 13.4. The highest BCUT2D eigenvalue weighted by Gasteiger charge is 2.34. The number of para-hydroxylation sites is 1. The van der Waals surface area contributed by atoms with Crippen molar-refractivity contribution in [3.05, 3.63) is 69.8 Å². The molecule has 5 rings (SSSR count). The van der Waals surface area contributed by atoms with Gasteiger partial charge in [0.05, 0.1) is 30.9 Å². The number of carbonyl (C=O) groups excluding carboxylic acids is 1. The summed E-state index contributed by atoms with van der Waals surface area (Å²) in [7, 11) is 1.62. The normalized spacial score (nSPS) is 16.0. The molecule has 1 aromatic carbocycles. The van der Waals surface area contributed by atoms with Crippen LogP contribution in [0.3, 0.4) is 0 Å². The summed E-state index contributed by atoms with van der Waals surface area (Å²) in [5.41, 5.74) is 3.70. The SMILES string of the molecule is COCCn1cc2c(c(N3CCOCC3)c1=O)C(=O)N(CCc1ccc3ccccc3n1)C2. The van der Waals surface area contributed by atoms with E-state index in [1.807, 2.05) is 46.3 Å². The second kappa shape index (κ2) is 9.33. The number of anilines is 1. The highest BCUT2D eigenvalue weighted by Crippen LogP contribution is 2.30. The van der Waals surface area contributed by atoms with Gasteiger partial charge < -0.3 is 23.8 Å². The van der Waals surface area contributed by atoms with Gasteiger partial charge in [0.25, 0.3) is 11.5 Å². The fraction of sp³-hybridized carbons (Fsp3) is 0.400. The number of pyridine rings is 2. The molecule has 4 heterocycles. The smallest absolute Gasteiger partial charge is 0.275 e. The predicted molar refractivity (Wildman–Crippen MR) is 126 cm³/mol. The first-order chi connectivity index (χ1) is 16.2. The summed E-state index contributed by atoms with van der Waals surface area (Å²) in [5.74, 6) is -0.0803. The number of amides is 1. The van der Waals surface area contributed by atoms with Crippen LogP contribution in [0.2, 0.25) is 0 Å². The van der Waals surface area contributed by atoms with E-state index in [0.717, 1.165) is 22.2 Å². The Morgan fingerprint density at radius 3 is 2.70 bits per heavy atom. The summed E-state index contributed by atoms with van der Waals surface area (Å²) in [4.78, 5) is 35.3. The molecule has 2 aliphatic rings. The fourth-order valence-electron chi connectivity index (χ4n) is 4.61. The Balaban J connectivity index is 1.41. The minimum absolute atomic E-state index is 0.0803. The Morgan fingerprint density at radius 2 is 1.88 bits per heavy atom. The molecule has 0 unspecified atom stereocenters. The molecule has 0 bridgehead atoms. The standard InChI is InChI=1S/C25H28N4O4/c1-32-13-10-29-17-19-16-28(9-8-20-7-6-18-4-2-3-5-21(18)26-20)24(30)22(19)23(25(29)31)27-11-14-33-15-12-27/h2-7,17H,8-16H2,1H3. The van der Waals surface area contributed by atoms with E-state index < -0.39 is 0 Å². The number of carbonyl (C=O) groups is 1. The van der Waals surface area contributed by atoms with Crippen molar-refractivity contribution in [3.8, 4) is 0 Å². The Morgan fingerprint density at radius 1 is 1.06 bits per heavy atom. The molecule has 0 atom stereocenters. The van der Waals surface area contributed by atoms with E-state index in [0.29, 0.717) is 70.2 Å². The summed E-state index contributed by atoms with van der Waals surface area (Å²) in [6, 6.07) is 12.1. The zero-order chi connectivity index (χ0) is 22.8. The summed E-state index contributed by atoms with van der Waals surface area (Å²) in [6.07, 6.45) is 2.48. The van der Waals surface area contributed by atoms with Gasteiger partial charge >= 0.3 is 0 Å². The molecule has 2 aliphatic heterocycles. The van der Waals surface area contributed by atoms with Gasteiger partial charge in [0.1, 0.15) is 5.69 Å². The Kier molecular flexibility index (Phi) is 6.11. The van der Waals surface area contributed by atoms with Crippen LogP contribution in [0.15, 0.2) is 47.4 Å². The lowest BCUT2D eigenvalue weighted by atomic mass is 10.1. The number of nitrogens with zero attached hydrogens (tertiary/aromatic N) is 4. The fourth-order valence-corrected chi connectivity index (χ4v) is 4.61. The van der Waals surface area contributed by atoms with Gasteiger partial charge in [-0.2, -0.15) is 0 Å². The third-order valence-corrected chi connectivity index (χ3v) is 6.35. The first-order valence-electron chi connectivity index (χ1n) is 11.4. The maximum absolute atomic E-state index is 13.4. The van der Waals surface area contributed by atoms with E-state index in [2.05, 4.69) is 6.07 Å². The minimum atomic E-state index is -0.140. The van der Waals surface area contributed by atoms with Crippen molar-refractivity contribution >= 4 is 22.5 Å². The zero-order valence-corrected chi connectivity index (χ0v) is 18.8. The van der Waals surface area contributed by atoms with Crippen molar-refractivity contribution < 1.29 is 14.3 Å². The number of morpholine rings is 1. The van der Waals surface area contributed by atoms with E-state index in [4.69, 9.17) is 14.5 Å². The van der Waals surface area contributed by atoms with E-state index in [1.54, 1.807) is 11.7 Å². The van der Waals surface area contributed by atoms with Gasteiger partial charge in [-0.15, -0.1) is 0 Å². The number of fused-ring (bicyclic) bond motifs is 2. The number of rotatable bonds is 7. The third kappa shape index (κ3) is 4.24. The van der Waals surface area contributed by atoms with Gasteiger partial charge in [-0.3, -0.25) is 14.6 Å². The van der Waals surface area contributed by atoms with Crippen LogP contribution in [0, 0.1) is 0 Å². The molecule has 0 saturated carbocycles. The van der Waals surface area contributed by atoms with Crippen molar-refractivity contribution in [1.82, 2.24) is 14.5 Å². The molecule has 8 heteroatoms. The molecule has 1 saturated heterocycles. The largest absolute Gasteiger partial charge is 0.383 e. The molecule has 0 radical (unpaired) electrons. The molecule has 172 valence electrons. The van der Waals surface area contributed by atoms with Gasteiger partial charge in [0.15, 0.2) is 0 Å². The van der Waals surface area contributed by atoms with Crippen molar-refractivity contribution in [1.29, 1.82) is 0 Å². The molecular weight excluding hydrogens is 420 g/mol. The molecule has 0 aliphatic carbocycles. The molecule has 0 spiro atoms. The monoisotopic (exact) mass is 448 g/mol. The highest BCUT2D eigenvalue weighted by atomic mass is 16.5. The molecule has 1 amide bonds. The highest BCUT2D eigenvalue weighted by molar-refractivity contribution is 6.03. The lowest BCUT2D eigenvalue weighted by molar-refractivity contribution is 0.0779. The molecule has 33 heavy (non-hydrogen) atoms. The topological polar surface area (TPSA) is 76.9 Å². The number of aromatic nitrogens is 2. The van der Waals surface area contributed by atoms with E-state index >= 15 is 0 Å². The number of methoxy groups -OCH3 is 1. The van der Waals surface area contributed by atoms with Crippen LogP contribution in [-0.4, -0.2) is 66.9 Å². The van der Waals surface area contributed by atoms with Crippen LogP contribution in [0.5, 0.6) is 0 Å². The van der Waals surface area contributed by atoms with Gasteiger partial charge in [0, 0.05) is 69.1 Å². The van der Waals surface area contributed by atoms with Gasteiger partial charge in [0.2, 0.25) is 0 Å². The zero-order valence-electron chi connectivity index (χ0n) is 18.8. The Labute approximate surface area is 192 Å². The van der Waals surface area contributed by atoms with Crippen LogP contribution < -0.4 is 10.5 Å². The summed E-state index contributed by atoms with van der Waals surface area (Å²) < 4.78 is 12.3. The van der Waals surface area contributed by atoms with E-state index in [1.165, 1.54) is 0 Å². The average Bonchev–Trinajstić information content (AvgIpc) is 3.16. The van der Waals surface area contributed by atoms with E-state index in [9.17, 15) is 9.59 Å². The van der Waals surface area contributed by atoms with Crippen molar-refractivity contribution in [2.75, 3.05) is 51.5 Å². The number of ether oxygens (including phenoxy) is 2. The average molecular weight is 449 g/mol. The van der Waals surface area contributed by atoms with Crippen molar-refractivity contribution in [2.45, 2.75) is 19.5 Å². The molecule has 0 N–H and O–H groups in total. The Hall–Kier alpha value is -3.23. The summed E-state index contributed by atoms with van der Waals surface area (Å²) in [5, 5.41) is 1.10. The first-order valence-corrected chi connectivity index (χ1v) is 11.4. The molecule has 8 nitrogen and oxygen atoms in total. The van der Waals surface area contributed by atoms with E-state index in [-0.39, 0.29) is 11.5 Å². The van der Waals surface area contributed by atoms with Crippen LogP contribution in [0.4, 0.5) is 5.69 Å². The summed E-state index contributed by atoms with van der Waals surface area (Å²) >= 11 is 0. The van der Waals surface area contributed by atoms with Gasteiger partial charge in [-0.05, 0) is 12.1 Å². The maximum Gasteiger partial charge on any atom is 0.275 e. The van der Waals surface area contributed by atoms with Gasteiger partial charge in [-0.25, -0.2) is 0 Å². The second-order valence-corrected chi connectivity index (χ2v) is 8.44. The number of benzene rings is 1. The third-order valence-electron chi connectivity index (χ3n) is 6.35. The minimum Gasteiger partial charge on any atom is -0.383 e. The van der Waals surface area contributed by atoms with Crippen LogP contribution >= 0.6 is 0 Å². The molecule has 2 aromatic heterocycles. The van der Waals surface area contributed by atoms with Crippen molar-refractivity contribution in [2.24, 2.45) is 0 Å². The van der Waals surface area contributed by atoms with Crippen LogP contribution in [0.1, 0.15) is 21.6 Å². The second-order valence-electron chi connectivity index (χ2n) is 8.44. The molecular formula is C25H28N4O4. The Bertz CT molecular complexity index is 1230. The molecule has 1 fully saturated rings. The van der Waals surface area contributed by atoms with Crippen LogP contribution in [-0.2, 0) is 29.0 Å². The van der Waals surface area contributed by atoms with Crippen LogP contribution in [0.25, 0.3) is 10.9 Å². The number of hydrogen-bond donors (Lipinski definition) is 0. The molecule has 3 aromatic rings. The first kappa shape index (κ1) is 21.6. The van der Waals surface area contributed by atoms with Gasteiger partial charge in [-0.1, -0.05) is 24.3 Å². The van der Waals surface area contributed by atoms with Crippen molar-refractivity contribution in [3.63, 3.8) is 0 Å². The quantitative estimate of drug-likeness (QED) is 0.551. The lowest BCUT2D eigenvalue weighted by Crippen LogP contribution is -2.42. The lowest BCUT2D eigenvalue weighted by Gasteiger charge is -2.30. The predicted octanol–water partition coefficient (Wildman–Crippen LogP) is 2.08. The number of hydrogen-bond acceptors (Lipinski definition) is 6.